The van der Waals surface area contributed by atoms with E-state index in [2.05, 4.69) is 31.1 Å². The fraction of sp³-hybridized carbons (Fsp3) is 0.688. The second kappa shape index (κ2) is 8.22. The molecule has 0 radical (unpaired) electrons. The van der Waals surface area contributed by atoms with Crippen molar-refractivity contribution in [1.29, 1.82) is 0 Å². The van der Waals surface area contributed by atoms with Crippen LogP contribution in [0.3, 0.4) is 0 Å². The van der Waals surface area contributed by atoms with E-state index >= 15 is 0 Å². The van der Waals surface area contributed by atoms with Gasteiger partial charge in [-0.2, -0.15) is 0 Å². The topological polar surface area (TPSA) is 43.4 Å². The van der Waals surface area contributed by atoms with Gasteiger partial charge in [0, 0.05) is 12.8 Å². The molecule has 4 heteroatoms. The predicted molar refractivity (Wildman–Crippen MR) is 82.1 cm³/mol. The third-order valence-electron chi connectivity index (χ3n) is 3.68. The lowest BCUT2D eigenvalue weighted by molar-refractivity contribution is -0.0577. The molecule has 2 atom stereocenters. The normalized spacial score (nSPS) is 15.7. The van der Waals surface area contributed by atoms with Gasteiger partial charge in [0.1, 0.15) is 11.4 Å². The van der Waals surface area contributed by atoms with Gasteiger partial charge in [-0.15, -0.1) is 0 Å². The Balaban J connectivity index is 3.16. The van der Waals surface area contributed by atoms with Crippen LogP contribution in [0.4, 0.5) is 0 Å². The van der Waals surface area contributed by atoms with Gasteiger partial charge in [0.25, 0.3) is 0 Å². The summed E-state index contributed by atoms with van der Waals surface area (Å²) in [6.45, 7) is 10.1. The molecule has 0 aliphatic carbocycles. The minimum atomic E-state index is -0.300. The number of nitrogens with one attached hydrogen (secondary N) is 1. The van der Waals surface area contributed by atoms with Crippen molar-refractivity contribution < 1.29 is 9.47 Å². The number of methoxy groups -OCH3 is 1. The number of ether oxygens (including phenoxy) is 2. The molecular weight excluding hydrogens is 252 g/mol. The van der Waals surface area contributed by atoms with Crippen molar-refractivity contribution in [3.63, 3.8) is 0 Å². The fourth-order valence-electron chi connectivity index (χ4n) is 2.40. The molecule has 20 heavy (non-hydrogen) atoms. The van der Waals surface area contributed by atoms with E-state index < -0.39 is 0 Å². The predicted octanol–water partition coefficient (Wildman–Crippen LogP) is 3.34. The van der Waals surface area contributed by atoms with Crippen molar-refractivity contribution in [3.05, 3.63) is 24.0 Å². The van der Waals surface area contributed by atoms with Crippen LogP contribution in [-0.2, 0) is 4.74 Å². The SMILES string of the molecule is CCCNC(c1ncccc1OC)C(C)(CC)OCC. The summed E-state index contributed by atoms with van der Waals surface area (Å²) >= 11 is 0. The second-order valence-corrected chi connectivity index (χ2v) is 5.08. The molecule has 0 saturated carbocycles. The molecule has 2 unspecified atom stereocenters. The molecule has 1 rings (SSSR count). The van der Waals surface area contributed by atoms with Crippen LogP contribution in [0.2, 0.25) is 0 Å². The minimum absolute atomic E-state index is 0.0172. The van der Waals surface area contributed by atoms with E-state index in [1.165, 1.54) is 0 Å². The first-order valence-electron chi connectivity index (χ1n) is 7.49. The van der Waals surface area contributed by atoms with Crippen LogP contribution in [0.15, 0.2) is 18.3 Å². The van der Waals surface area contributed by atoms with Gasteiger partial charge in [-0.1, -0.05) is 13.8 Å². The third-order valence-corrected chi connectivity index (χ3v) is 3.68. The number of pyridine rings is 1. The monoisotopic (exact) mass is 280 g/mol. The first kappa shape index (κ1) is 16.9. The molecule has 1 N–H and O–H groups in total. The van der Waals surface area contributed by atoms with Crippen LogP contribution >= 0.6 is 0 Å². The summed E-state index contributed by atoms with van der Waals surface area (Å²) in [5, 5.41) is 3.57. The zero-order chi connectivity index (χ0) is 15.0. The smallest absolute Gasteiger partial charge is 0.142 e. The van der Waals surface area contributed by atoms with E-state index in [9.17, 15) is 0 Å². The van der Waals surface area contributed by atoms with Crippen LogP contribution in [0.25, 0.3) is 0 Å². The Hall–Kier alpha value is -1.13. The molecular formula is C16H28N2O2. The molecule has 0 bridgehead atoms. The van der Waals surface area contributed by atoms with Crippen LogP contribution in [0.5, 0.6) is 5.75 Å². The Kier molecular flexibility index (Phi) is 6.96. The highest BCUT2D eigenvalue weighted by molar-refractivity contribution is 5.31. The van der Waals surface area contributed by atoms with E-state index in [0.717, 1.165) is 30.8 Å². The molecule has 0 fully saturated rings. The van der Waals surface area contributed by atoms with Gasteiger partial charge < -0.3 is 14.8 Å². The lowest BCUT2D eigenvalue weighted by atomic mass is 9.89. The number of hydrogen-bond donors (Lipinski definition) is 1. The lowest BCUT2D eigenvalue weighted by Crippen LogP contribution is -2.44. The summed E-state index contributed by atoms with van der Waals surface area (Å²) in [5.41, 5.74) is 0.618. The second-order valence-electron chi connectivity index (χ2n) is 5.08. The standard InChI is InChI=1S/C16H28N2O2/c1-6-11-18-15(16(4,7-2)20-8-3)14-13(19-5)10-9-12-17-14/h9-10,12,15,18H,6-8,11H2,1-5H3. The van der Waals surface area contributed by atoms with Crippen LogP contribution in [-0.4, -0.2) is 30.8 Å². The Morgan fingerprint density at radius 3 is 2.65 bits per heavy atom. The molecule has 0 saturated heterocycles. The maximum atomic E-state index is 6.03. The molecule has 1 aromatic rings. The zero-order valence-corrected chi connectivity index (χ0v) is 13.4. The molecule has 0 aromatic carbocycles. The Bertz CT molecular complexity index is 398. The first-order chi connectivity index (χ1) is 9.62. The van der Waals surface area contributed by atoms with E-state index in [4.69, 9.17) is 9.47 Å². The lowest BCUT2D eigenvalue weighted by Gasteiger charge is -2.37. The molecule has 0 aliphatic heterocycles. The summed E-state index contributed by atoms with van der Waals surface area (Å²) < 4.78 is 11.5. The van der Waals surface area contributed by atoms with Gasteiger partial charge in [-0.25, -0.2) is 0 Å². The Labute approximate surface area is 122 Å². The highest BCUT2D eigenvalue weighted by Gasteiger charge is 2.36. The molecule has 0 spiro atoms. The number of aromatic nitrogens is 1. The molecule has 4 nitrogen and oxygen atoms in total. The van der Waals surface area contributed by atoms with Crippen LogP contribution in [0.1, 0.15) is 52.3 Å². The highest BCUT2D eigenvalue weighted by atomic mass is 16.5. The van der Waals surface area contributed by atoms with Gasteiger partial charge in [-0.05, 0) is 45.4 Å². The molecule has 1 aromatic heterocycles. The Morgan fingerprint density at radius 2 is 2.10 bits per heavy atom. The average molecular weight is 280 g/mol. The van der Waals surface area contributed by atoms with E-state index in [1.54, 1.807) is 13.3 Å². The third kappa shape index (κ3) is 3.93. The summed E-state index contributed by atoms with van der Waals surface area (Å²) in [6.07, 6.45) is 3.78. The zero-order valence-electron chi connectivity index (χ0n) is 13.4. The maximum absolute atomic E-state index is 6.03. The number of nitrogens with zero attached hydrogens (tertiary/aromatic N) is 1. The average Bonchev–Trinajstić information content (AvgIpc) is 2.48. The largest absolute Gasteiger partial charge is 0.495 e. The van der Waals surface area contributed by atoms with Crippen molar-refractivity contribution in [3.8, 4) is 5.75 Å². The first-order valence-corrected chi connectivity index (χ1v) is 7.49. The minimum Gasteiger partial charge on any atom is -0.495 e. The number of rotatable bonds is 9. The van der Waals surface area contributed by atoms with Crippen molar-refractivity contribution in [2.24, 2.45) is 0 Å². The van der Waals surface area contributed by atoms with Crippen molar-refractivity contribution in [1.82, 2.24) is 10.3 Å². The molecule has 1 heterocycles. The van der Waals surface area contributed by atoms with Gasteiger partial charge in [0.2, 0.25) is 0 Å². The number of hydrogen-bond acceptors (Lipinski definition) is 4. The van der Waals surface area contributed by atoms with Crippen molar-refractivity contribution in [2.75, 3.05) is 20.3 Å². The molecule has 0 amide bonds. The van der Waals surface area contributed by atoms with Crippen LogP contribution in [0, 0.1) is 0 Å². The quantitative estimate of drug-likeness (QED) is 0.753. The van der Waals surface area contributed by atoms with Crippen molar-refractivity contribution >= 4 is 0 Å². The molecule has 114 valence electrons. The van der Waals surface area contributed by atoms with Gasteiger partial charge in [-0.3, -0.25) is 4.98 Å². The van der Waals surface area contributed by atoms with E-state index in [0.29, 0.717) is 6.61 Å². The summed E-state index contributed by atoms with van der Waals surface area (Å²) in [6, 6.07) is 3.86. The van der Waals surface area contributed by atoms with Gasteiger partial charge in [0.15, 0.2) is 0 Å². The van der Waals surface area contributed by atoms with Gasteiger partial charge >= 0.3 is 0 Å². The summed E-state index contributed by atoms with van der Waals surface area (Å²) in [7, 11) is 1.68. The van der Waals surface area contributed by atoms with Crippen molar-refractivity contribution in [2.45, 2.75) is 52.2 Å². The maximum Gasteiger partial charge on any atom is 0.142 e. The highest BCUT2D eigenvalue weighted by Crippen LogP contribution is 2.35. The summed E-state index contributed by atoms with van der Waals surface area (Å²) in [5.74, 6) is 0.806. The van der Waals surface area contributed by atoms with Gasteiger partial charge in [0.05, 0.1) is 18.8 Å². The van der Waals surface area contributed by atoms with Crippen LogP contribution < -0.4 is 10.1 Å². The Morgan fingerprint density at radius 1 is 1.35 bits per heavy atom. The van der Waals surface area contributed by atoms with E-state index in [1.807, 2.05) is 19.1 Å². The molecule has 0 aliphatic rings. The fourth-order valence-corrected chi connectivity index (χ4v) is 2.40. The van der Waals surface area contributed by atoms with E-state index in [-0.39, 0.29) is 11.6 Å². The summed E-state index contributed by atoms with van der Waals surface area (Å²) in [4.78, 5) is 4.53.